The van der Waals surface area contributed by atoms with E-state index >= 15 is 0 Å². The Morgan fingerprint density at radius 1 is 1.44 bits per heavy atom. The third-order valence-electron chi connectivity index (χ3n) is 3.59. The van der Waals surface area contributed by atoms with Crippen molar-refractivity contribution in [3.63, 3.8) is 0 Å². The molecule has 1 aromatic heterocycles. The molecule has 138 valence electrons. The molecule has 0 aliphatic heterocycles. The van der Waals surface area contributed by atoms with Crippen LogP contribution in [0.3, 0.4) is 0 Å². The molecule has 1 aromatic carbocycles. The number of terminal acetylenes is 2. The molecular formula is C20H19N3O3S. The number of nitrogens with zero attached hydrogens (tertiary/aromatic N) is 2. The molecule has 0 fully saturated rings. The molecule has 2 rings (SSSR count). The van der Waals surface area contributed by atoms with Crippen LogP contribution in [0.15, 0.2) is 35.6 Å². The molecule has 0 radical (unpaired) electrons. The number of rotatable bonds is 7. The second-order valence-electron chi connectivity index (χ2n) is 5.66. The zero-order chi connectivity index (χ0) is 19.9. The van der Waals surface area contributed by atoms with E-state index in [1.807, 2.05) is 6.07 Å². The minimum atomic E-state index is -1.10. The number of amides is 1. The maximum atomic E-state index is 12.6. The minimum absolute atomic E-state index is 0.388. The normalized spacial score (nSPS) is 14.0. The lowest BCUT2D eigenvalue weighted by atomic mass is 10.1. The first-order valence-corrected chi connectivity index (χ1v) is 9.17. The maximum Gasteiger partial charge on any atom is 0.273 e. The highest BCUT2D eigenvalue weighted by molar-refractivity contribution is 7.99. The minimum Gasteiger partial charge on any atom is -0.470 e. The summed E-state index contributed by atoms with van der Waals surface area (Å²) in [7, 11) is 1.39. The summed E-state index contributed by atoms with van der Waals surface area (Å²) < 4.78 is 5.83. The molecule has 27 heavy (non-hydrogen) atoms. The first-order chi connectivity index (χ1) is 12.9. The van der Waals surface area contributed by atoms with Crippen molar-refractivity contribution < 1.29 is 14.4 Å². The molecule has 6 nitrogen and oxygen atoms in total. The van der Waals surface area contributed by atoms with Crippen LogP contribution in [0.1, 0.15) is 12.5 Å². The lowest BCUT2D eigenvalue weighted by Gasteiger charge is -2.24. The fourth-order valence-corrected chi connectivity index (χ4v) is 2.65. The SMILES string of the molecule is C#Cc1cnc2ccc(OC(SC)C(=O)NC(C)(C#C)/C=N/OC)cc2c1. The maximum absolute atomic E-state index is 12.6. The Bertz CT molecular complexity index is 946. The Labute approximate surface area is 162 Å². The number of benzene rings is 1. The molecule has 2 atom stereocenters. The molecule has 1 heterocycles. The van der Waals surface area contributed by atoms with Crippen LogP contribution in [0.5, 0.6) is 5.75 Å². The van der Waals surface area contributed by atoms with Gasteiger partial charge in [-0.1, -0.05) is 17.0 Å². The van der Waals surface area contributed by atoms with Crippen molar-refractivity contribution in [2.24, 2.45) is 5.16 Å². The molecule has 2 unspecified atom stereocenters. The molecule has 2 aromatic rings. The van der Waals surface area contributed by atoms with Gasteiger partial charge in [-0.05, 0) is 37.4 Å². The van der Waals surface area contributed by atoms with Crippen LogP contribution in [-0.4, -0.2) is 41.4 Å². The van der Waals surface area contributed by atoms with E-state index in [4.69, 9.17) is 17.6 Å². The van der Waals surface area contributed by atoms with Gasteiger partial charge in [-0.3, -0.25) is 9.78 Å². The van der Waals surface area contributed by atoms with Gasteiger partial charge in [-0.15, -0.1) is 24.6 Å². The zero-order valence-electron chi connectivity index (χ0n) is 15.2. The van der Waals surface area contributed by atoms with E-state index in [-0.39, 0.29) is 5.91 Å². The van der Waals surface area contributed by atoms with Crippen LogP contribution in [0.4, 0.5) is 0 Å². The molecule has 0 aliphatic carbocycles. The summed E-state index contributed by atoms with van der Waals surface area (Å²) in [4.78, 5) is 21.5. The molecule has 0 saturated carbocycles. The van der Waals surface area contributed by atoms with Crippen molar-refractivity contribution in [1.29, 1.82) is 0 Å². The van der Waals surface area contributed by atoms with Gasteiger partial charge in [-0.2, -0.15) is 0 Å². The fraction of sp³-hybridized carbons (Fsp3) is 0.250. The van der Waals surface area contributed by atoms with Crippen molar-refractivity contribution >= 4 is 34.8 Å². The number of aromatic nitrogens is 1. The van der Waals surface area contributed by atoms with Crippen LogP contribution < -0.4 is 10.1 Å². The summed E-state index contributed by atoms with van der Waals surface area (Å²) >= 11 is 1.23. The van der Waals surface area contributed by atoms with Gasteiger partial charge >= 0.3 is 0 Å². The van der Waals surface area contributed by atoms with E-state index in [2.05, 4.69) is 32.1 Å². The van der Waals surface area contributed by atoms with E-state index in [1.165, 1.54) is 25.1 Å². The number of oxime groups is 1. The molecule has 0 saturated heterocycles. The Morgan fingerprint density at radius 2 is 2.22 bits per heavy atom. The van der Waals surface area contributed by atoms with Gasteiger partial charge in [0.2, 0.25) is 5.44 Å². The first-order valence-electron chi connectivity index (χ1n) is 7.88. The molecule has 1 N–H and O–H groups in total. The van der Waals surface area contributed by atoms with Gasteiger partial charge in [-0.25, -0.2) is 0 Å². The van der Waals surface area contributed by atoms with Crippen molar-refractivity contribution in [1.82, 2.24) is 10.3 Å². The molecule has 1 amide bonds. The second kappa shape index (κ2) is 8.98. The summed E-state index contributed by atoms with van der Waals surface area (Å²) in [5, 5.41) is 7.17. The van der Waals surface area contributed by atoms with Crippen LogP contribution in [0, 0.1) is 24.7 Å². The van der Waals surface area contributed by atoms with Crippen molar-refractivity contribution in [2.45, 2.75) is 17.9 Å². The van der Waals surface area contributed by atoms with E-state index < -0.39 is 11.0 Å². The summed E-state index contributed by atoms with van der Waals surface area (Å²) in [5.41, 5.74) is -0.461. The third kappa shape index (κ3) is 5.16. The average molecular weight is 381 g/mol. The Balaban J connectivity index is 2.19. The van der Waals surface area contributed by atoms with Gasteiger partial charge in [0.15, 0.2) is 0 Å². The number of ether oxygens (including phenoxy) is 1. The number of hydrogen-bond acceptors (Lipinski definition) is 6. The second-order valence-corrected chi connectivity index (χ2v) is 6.56. The topological polar surface area (TPSA) is 72.8 Å². The lowest BCUT2D eigenvalue weighted by Crippen LogP contribution is -2.50. The van der Waals surface area contributed by atoms with E-state index in [9.17, 15) is 4.79 Å². The number of nitrogens with one attached hydrogen (secondary N) is 1. The van der Waals surface area contributed by atoms with Crippen LogP contribution in [0.2, 0.25) is 0 Å². The van der Waals surface area contributed by atoms with Crippen molar-refractivity contribution in [2.75, 3.05) is 13.4 Å². The van der Waals surface area contributed by atoms with Gasteiger partial charge in [0, 0.05) is 17.1 Å². The van der Waals surface area contributed by atoms with Crippen LogP contribution in [-0.2, 0) is 9.63 Å². The van der Waals surface area contributed by atoms with Crippen LogP contribution in [0.25, 0.3) is 10.9 Å². The van der Waals surface area contributed by atoms with E-state index in [0.29, 0.717) is 11.3 Å². The first kappa shape index (κ1) is 20.2. The standard InChI is InChI=1S/C20H19N3O3S/c1-6-14-10-15-11-16(8-9-17(15)21-12-14)26-19(27-5)18(24)23-20(3,7-2)13-22-25-4/h1-2,8-13,19H,3-5H3,(H,23,24)/b22-13+. The number of fused-ring (bicyclic) bond motifs is 1. The fourth-order valence-electron chi connectivity index (χ4n) is 2.17. The average Bonchev–Trinajstić information content (AvgIpc) is 2.69. The summed E-state index contributed by atoms with van der Waals surface area (Å²) in [5.74, 6) is 5.14. The number of pyridine rings is 1. The summed E-state index contributed by atoms with van der Waals surface area (Å²) in [6.45, 7) is 1.63. The number of thioether (sulfide) groups is 1. The number of hydrogen-bond donors (Lipinski definition) is 1. The Morgan fingerprint density at radius 3 is 2.85 bits per heavy atom. The van der Waals surface area contributed by atoms with E-state index in [1.54, 1.807) is 37.6 Å². The highest BCUT2D eigenvalue weighted by Crippen LogP contribution is 2.23. The Kier molecular flexibility index (Phi) is 6.70. The molecule has 7 heteroatoms. The van der Waals surface area contributed by atoms with Crippen molar-refractivity contribution in [3.05, 3.63) is 36.0 Å². The highest BCUT2D eigenvalue weighted by Gasteiger charge is 2.28. The van der Waals surface area contributed by atoms with Gasteiger partial charge in [0.05, 0.1) is 11.7 Å². The summed E-state index contributed by atoms with van der Waals surface area (Å²) in [6, 6.07) is 7.16. The molecule has 0 aliphatic rings. The molecule has 0 bridgehead atoms. The lowest BCUT2D eigenvalue weighted by molar-refractivity contribution is -0.125. The summed E-state index contributed by atoms with van der Waals surface area (Å²) in [6.07, 6.45) is 15.6. The smallest absolute Gasteiger partial charge is 0.273 e. The van der Waals surface area contributed by atoms with Crippen LogP contribution >= 0.6 is 11.8 Å². The zero-order valence-corrected chi connectivity index (χ0v) is 16.0. The molecular weight excluding hydrogens is 362 g/mol. The van der Waals surface area contributed by atoms with Crippen molar-refractivity contribution in [3.8, 4) is 30.4 Å². The molecule has 0 spiro atoms. The quantitative estimate of drug-likeness (QED) is 0.345. The largest absolute Gasteiger partial charge is 0.470 e. The third-order valence-corrected chi connectivity index (χ3v) is 4.33. The highest BCUT2D eigenvalue weighted by atomic mass is 32.2. The predicted molar refractivity (Wildman–Crippen MR) is 108 cm³/mol. The number of carbonyl (C=O) groups is 1. The Hall–Kier alpha value is -3.16. The van der Waals surface area contributed by atoms with Gasteiger partial charge in [0.1, 0.15) is 18.4 Å². The van der Waals surface area contributed by atoms with E-state index in [0.717, 1.165) is 10.9 Å². The van der Waals surface area contributed by atoms with Gasteiger partial charge < -0.3 is 14.9 Å². The number of carbonyl (C=O) groups excluding carboxylic acids is 1. The monoisotopic (exact) mass is 381 g/mol. The van der Waals surface area contributed by atoms with Gasteiger partial charge in [0.25, 0.3) is 5.91 Å². The predicted octanol–water partition coefficient (Wildman–Crippen LogP) is 2.42.